The third kappa shape index (κ3) is 10.5. The Hall–Kier alpha value is -0.940. The van der Waals surface area contributed by atoms with Gasteiger partial charge in [-0.05, 0) is 18.9 Å². The molecule has 3 rings (SSSR count). The number of hydrogen-bond donors (Lipinski definition) is 2. The molecule has 0 aliphatic carbocycles. The summed E-state index contributed by atoms with van der Waals surface area (Å²) in [6, 6.07) is 10.8. The number of nitrogens with zero attached hydrogens (tertiary/aromatic N) is 4. The lowest BCUT2D eigenvalue weighted by Crippen LogP contribution is -2.49. The SMILES string of the molecule is CCNC(=NCCCN1CCOCC1)NCCN1CCN(Cc2ccccc2)CC1.I. The van der Waals surface area contributed by atoms with Gasteiger partial charge in [0.05, 0.1) is 13.2 Å². The topological polar surface area (TPSA) is 55.4 Å². The zero-order valence-corrected chi connectivity index (χ0v) is 21.4. The molecule has 8 heteroatoms. The Balaban J connectivity index is 0.00000341. The smallest absolute Gasteiger partial charge is 0.191 e. The Bertz CT molecular complexity index is 603. The number of nitrogens with one attached hydrogen (secondary N) is 2. The Kier molecular flexibility index (Phi) is 13.4. The molecule has 0 bridgehead atoms. The van der Waals surface area contributed by atoms with Crippen LogP contribution in [-0.4, -0.2) is 106 Å². The third-order valence-corrected chi connectivity index (χ3v) is 5.78. The van der Waals surface area contributed by atoms with E-state index in [4.69, 9.17) is 9.73 Å². The van der Waals surface area contributed by atoms with E-state index in [2.05, 4.69) is 62.6 Å². The monoisotopic (exact) mass is 544 g/mol. The quantitative estimate of drug-likeness (QED) is 0.203. The van der Waals surface area contributed by atoms with Crippen LogP contribution in [0.3, 0.4) is 0 Å². The molecule has 0 atom stereocenters. The van der Waals surface area contributed by atoms with E-state index in [9.17, 15) is 0 Å². The van der Waals surface area contributed by atoms with Crippen LogP contribution in [0.2, 0.25) is 0 Å². The highest BCUT2D eigenvalue weighted by molar-refractivity contribution is 14.0. The normalized spacial score (nSPS) is 19.1. The van der Waals surface area contributed by atoms with Gasteiger partial charge >= 0.3 is 0 Å². The molecule has 2 heterocycles. The van der Waals surface area contributed by atoms with Crippen molar-refractivity contribution in [3.05, 3.63) is 35.9 Å². The van der Waals surface area contributed by atoms with Crippen molar-refractivity contribution in [1.82, 2.24) is 25.3 Å². The first-order chi connectivity index (χ1) is 14.8. The molecule has 7 nitrogen and oxygen atoms in total. The average molecular weight is 545 g/mol. The first-order valence-corrected chi connectivity index (χ1v) is 11.6. The van der Waals surface area contributed by atoms with Gasteiger partial charge in [-0.1, -0.05) is 30.3 Å². The molecule has 1 aromatic carbocycles. The summed E-state index contributed by atoms with van der Waals surface area (Å²) in [7, 11) is 0. The van der Waals surface area contributed by atoms with Gasteiger partial charge in [0.1, 0.15) is 0 Å². The van der Waals surface area contributed by atoms with Crippen LogP contribution in [0.4, 0.5) is 0 Å². The van der Waals surface area contributed by atoms with Gasteiger partial charge in [0.2, 0.25) is 0 Å². The molecule has 0 amide bonds. The molecular formula is C23H41IN6O. The van der Waals surface area contributed by atoms with Crippen LogP contribution in [0.15, 0.2) is 35.3 Å². The number of guanidine groups is 1. The van der Waals surface area contributed by atoms with Gasteiger partial charge in [0.15, 0.2) is 5.96 Å². The Morgan fingerprint density at radius 3 is 2.29 bits per heavy atom. The van der Waals surface area contributed by atoms with E-state index in [0.29, 0.717) is 0 Å². The van der Waals surface area contributed by atoms with Crippen LogP contribution in [0.1, 0.15) is 18.9 Å². The summed E-state index contributed by atoms with van der Waals surface area (Å²) in [5.74, 6) is 0.946. The molecule has 2 saturated heterocycles. The van der Waals surface area contributed by atoms with Crippen molar-refractivity contribution in [1.29, 1.82) is 0 Å². The average Bonchev–Trinajstić information content (AvgIpc) is 2.79. The van der Waals surface area contributed by atoms with Crippen molar-refractivity contribution in [3.63, 3.8) is 0 Å². The van der Waals surface area contributed by atoms with Crippen molar-refractivity contribution >= 4 is 29.9 Å². The maximum atomic E-state index is 5.41. The largest absolute Gasteiger partial charge is 0.379 e. The van der Waals surface area contributed by atoms with Gasteiger partial charge in [-0.2, -0.15) is 0 Å². The van der Waals surface area contributed by atoms with Gasteiger partial charge in [0.25, 0.3) is 0 Å². The second kappa shape index (κ2) is 15.8. The van der Waals surface area contributed by atoms with Gasteiger partial charge in [-0.15, -0.1) is 24.0 Å². The van der Waals surface area contributed by atoms with E-state index in [-0.39, 0.29) is 24.0 Å². The van der Waals surface area contributed by atoms with Crippen molar-refractivity contribution in [2.45, 2.75) is 19.9 Å². The zero-order chi connectivity index (χ0) is 20.9. The Morgan fingerprint density at radius 1 is 0.903 bits per heavy atom. The summed E-state index contributed by atoms with van der Waals surface area (Å²) in [6.07, 6.45) is 1.10. The second-order valence-electron chi connectivity index (χ2n) is 8.10. The lowest BCUT2D eigenvalue weighted by Gasteiger charge is -2.34. The summed E-state index contributed by atoms with van der Waals surface area (Å²) in [6.45, 7) is 16.5. The number of rotatable bonds is 10. The third-order valence-electron chi connectivity index (χ3n) is 5.78. The number of aliphatic imine (C=N–C) groups is 1. The van der Waals surface area contributed by atoms with E-state index < -0.39 is 0 Å². The van der Waals surface area contributed by atoms with E-state index in [1.807, 2.05) is 0 Å². The predicted octanol–water partition coefficient (Wildman–Crippen LogP) is 1.70. The minimum atomic E-state index is 0. The fourth-order valence-electron chi connectivity index (χ4n) is 4.00. The first kappa shape index (κ1) is 26.3. The lowest BCUT2D eigenvalue weighted by atomic mass is 10.2. The molecule has 1 aromatic rings. The highest BCUT2D eigenvalue weighted by Gasteiger charge is 2.16. The van der Waals surface area contributed by atoms with E-state index in [0.717, 1.165) is 104 Å². The molecule has 0 radical (unpaired) electrons. The molecule has 176 valence electrons. The number of piperazine rings is 1. The van der Waals surface area contributed by atoms with Crippen LogP contribution >= 0.6 is 24.0 Å². The van der Waals surface area contributed by atoms with Crippen molar-refractivity contribution in [2.24, 2.45) is 4.99 Å². The minimum Gasteiger partial charge on any atom is -0.379 e. The predicted molar refractivity (Wildman–Crippen MR) is 139 cm³/mol. The maximum Gasteiger partial charge on any atom is 0.191 e. The number of halogens is 1. The van der Waals surface area contributed by atoms with Gasteiger partial charge in [-0.25, -0.2) is 0 Å². The molecule has 2 fully saturated rings. The first-order valence-electron chi connectivity index (χ1n) is 11.6. The fraction of sp³-hybridized carbons (Fsp3) is 0.696. The summed E-state index contributed by atoms with van der Waals surface area (Å²) in [4.78, 5) is 12.3. The van der Waals surface area contributed by atoms with Crippen LogP contribution < -0.4 is 10.6 Å². The van der Waals surface area contributed by atoms with Gasteiger partial charge in [0, 0.05) is 78.5 Å². The number of benzene rings is 1. The summed E-state index contributed by atoms with van der Waals surface area (Å²) >= 11 is 0. The van der Waals surface area contributed by atoms with Crippen molar-refractivity contribution < 1.29 is 4.74 Å². The van der Waals surface area contributed by atoms with Crippen LogP contribution in [0.25, 0.3) is 0 Å². The number of hydrogen-bond acceptors (Lipinski definition) is 5. The molecular weight excluding hydrogens is 503 g/mol. The lowest BCUT2D eigenvalue weighted by molar-refractivity contribution is 0.0377. The molecule has 2 aliphatic heterocycles. The highest BCUT2D eigenvalue weighted by atomic mass is 127. The van der Waals surface area contributed by atoms with Gasteiger partial charge in [-0.3, -0.25) is 19.7 Å². The molecule has 0 unspecified atom stereocenters. The summed E-state index contributed by atoms with van der Waals surface area (Å²) in [5.41, 5.74) is 1.41. The zero-order valence-electron chi connectivity index (χ0n) is 19.1. The van der Waals surface area contributed by atoms with Crippen molar-refractivity contribution in [2.75, 3.05) is 85.2 Å². The summed E-state index contributed by atoms with van der Waals surface area (Å²) in [5, 5.41) is 6.88. The van der Waals surface area contributed by atoms with E-state index >= 15 is 0 Å². The number of ether oxygens (including phenoxy) is 1. The standard InChI is InChI=1S/C23H40N6O.HI/c1-2-24-23(25-9-6-11-27-17-19-30-20-18-27)26-10-12-28-13-15-29(16-14-28)21-22-7-4-3-5-8-22;/h3-5,7-8H,2,6,9-21H2,1H3,(H2,24,25,26);1H. The maximum absolute atomic E-state index is 5.41. The Morgan fingerprint density at radius 2 is 1.58 bits per heavy atom. The molecule has 0 aromatic heterocycles. The second-order valence-corrected chi connectivity index (χ2v) is 8.10. The molecule has 2 aliphatic rings. The highest BCUT2D eigenvalue weighted by Crippen LogP contribution is 2.08. The van der Waals surface area contributed by atoms with Gasteiger partial charge < -0.3 is 15.4 Å². The Labute approximate surface area is 205 Å². The summed E-state index contributed by atoms with van der Waals surface area (Å²) < 4.78 is 5.41. The molecule has 31 heavy (non-hydrogen) atoms. The van der Waals surface area contributed by atoms with E-state index in [1.165, 1.54) is 5.56 Å². The minimum absolute atomic E-state index is 0. The fourth-order valence-corrected chi connectivity index (χ4v) is 4.00. The molecule has 2 N–H and O–H groups in total. The van der Waals surface area contributed by atoms with Crippen LogP contribution in [0, 0.1) is 0 Å². The molecule has 0 saturated carbocycles. The van der Waals surface area contributed by atoms with Crippen molar-refractivity contribution in [3.8, 4) is 0 Å². The number of morpholine rings is 1. The van der Waals surface area contributed by atoms with E-state index in [1.54, 1.807) is 0 Å². The molecule has 0 spiro atoms. The van der Waals surface area contributed by atoms with Crippen LogP contribution in [0.5, 0.6) is 0 Å². The van der Waals surface area contributed by atoms with Crippen LogP contribution in [-0.2, 0) is 11.3 Å².